The van der Waals surface area contributed by atoms with E-state index in [9.17, 15) is 9.59 Å². The van der Waals surface area contributed by atoms with E-state index in [0.29, 0.717) is 11.3 Å². The van der Waals surface area contributed by atoms with E-state index in [-0.39, 0.29) is 6.61 Å². The number of nitrogens with two attached hydrogens (primary N) is 1. The van der Waals surface area contributed by atoms with Gasteiger partial charge in [-0.3, -0.25) is 9.59 Å². The SMILES string of the molecule is Cc1ccc(OCC(=O)NC(C(N)=O)c2ccccc2)cc1. The monoisotopic (exact) mass is 298 g/mol. The van der Waals surface area contributed by atoms with E-state index in [1.54, 1.807) is 36.4 Å². The fourth-order valence-electron chi connectivity index (χ4n) is 1.95. The van der Waals surface area contributed by atoms with Crippen LogP contribution in [0.15, 0.2) is 54.6 Å². The molecule has 0 bridgehead atoms. The molecule has 2 aromatic rings. The molecule has 2 amide bonds. The van der Waals surface area contributed by atoms with E-state index < -0.39 is 17.9 Å². The molecule has 0 aliphatic carbocycles. The van der Waals surface area contributed by atoms with Crippen molar-refractivity contribution >= 4 is 11.8 Å². The molecule has 0 saturated carbocycles. The maximum atomic E-state index is 11.9. The van der Waals surface area contributed by atoms with Crippen LogP contribution >= 0.6 is 0 Å². The predicted molar refractivity (Wildman–Crippen MR) is 83.2 cm³/mol. The van der Waals surface area contributed by atoms with Gasteiger partial charge in [0.15, 0.2) is 6.61 Å². The van der Waals surface area contributed by atoms with Crippen molar-refractivity contribution in [3.8, 4) is 5.75 Å². The second kappa shape index (κ2) is 7.26. The number of primary amides is 1. The molecule has 5 nitrogen and oxygen atoms in total. The number of rotatable bonds is 6. The largest absolute Gasteiger partial charge is 0.484 e. The van der Waals surface area contributed by atoms with E-state index >= 15 is 0 Å². The Morgan fingerprint density at radius 1 is 1.09 bits per heavy atom. The maximum Gasteiger partial charge on any atom is 0.258 e. The second-order valence-electron chi connectivity index (χ2n) is 4.92. The first-order valence-electron chi connectivity index (χ1n) is 6.89. The molecule has 3 N–H and O–H groups in total. The third kappa shape index (κ3) is 4.34. The van der Waals surface area contributed by atoms with Crippen LogP contribution in [0.5, 0.6) is 5.75 Å². The van der Waals surface area contributed by atoms with E-state index in [1.165, 1.54) is 0 Å². The van der Waals surface area contributed by atoms with E-state index in [1.807, 2.05) is 25.1 Å². The molecule has 0 spiro atoms. The minimum absolute atomic E-state index is 0.181. The Morgan fingerprint density at radius 3 is 2.32 bits per heavy atom. The summed E-state index contributed by atoms with van der Waals surface area (Å²) >= 11 is 0. The van der Waals surface area contributed by atoms with Gasteiger partial charge in [-0.25, -0.2) is 0 Å². The molecule has 2 aromatic carbocycles. The Kier molecular flexibility index (Phi) is 5.14. The van der Waals surface area contributed by atoms with Crippen molar-refractivity contribution in [1.29, 1.82) is 0 Å². The lowest BCUT2D eigenvalue weighted by Crippen LogP contribution is -2.39. The average molecular weight is 298 g/mol. The minimum Gasteiger partial charge on any atom is -0.484 e. The summed E-state index contributed by atoms with van der Waals surface area (Å²) in [5.74, 6) is -0.431. The molecule has 0 aliphatic heterocycles. The normalized spacial score (nSPS) is 11.5. The Hall–Kier alpha value is -2.82. The maximum absolute atomic E-state index is 11.9. The number of aryl methyl sites for hydroxylation is 1. The first-order chi connectivity index (χ1) is 10.6. The lowest BCUT2D eigenvalue weighted by atomic mass is 10.1. The van der Waals surface area contributed by atoms with Crippen molar-refractivity contribution in [3.63, 3.8) is 0 Å². The zero-order chi connectivity index (χ0) is 15.9. The Morgan fingerprint density at radius 2 is 1.73 bits per heavy atom. The molecule has 1 atom stereocenters. The molecule has 0 saturated heterocycles. The van der Waals surface area contributed by atoms with Crippen LogP contribution in [0.2, 0.25) is 0 Å². The number of carbonyl (C=O) groups excluding carboxylic acids is 2. The van der Waals surface area contributed by atoms with Gasteiger partial charge in [-0.05, 0) is 24.6 Å². The van der Waals surface area contributed by atoms with Crippen molar-refractivity contribution in [3.05, 3.63) is 65.7 Å². The lowest BCUT2D eigenvalue weighted by molar-refractivity contribution is -0.128. The van der Waals surface area contributed by atoms with Gasteiger partial charge >= 0.3 is 0 Å². The summed E-state index contributed by atoms with van der Waals surface area (Å²) in [5.41, 5.74) is 7.09. The van der Waals surface area contributed by atoms with E-state index in [4.69, 9.17) is 10.5 Å². The highest BCUT2D eigenvalue weighted by Gasteiger charge is 2.20. The van der Waals surface area contributed by atoms with Crippen LogP contribution in [0, 0.1) is 6.92 Å². The smallest absolute Gasteiger partial charge is 0.258 e. The van der Waals surface area contributed by atoms with Crippen LogP contribution < -0.4 is 15.8 Å². The average Bonchev–Trinajstić information content (AvgIpc) is 2.52. The minimum atomic E-state index is -0.865. The van der Waals surface area contributed by atoms with Crippen molar-refractivity contribution in [2.75, 3.05) is 6.61 Å². The fraction of sp³-hybridized carbons (Fsp3) is 0.176. The summed E-state index contributed by atoms with van der Waals surface area (Å²) in [6.45, 7) is 1.79. The topological polar surface area (TPSA) is 81.4 Å². The van der Waals surface area contributed by atoms with Crippen molar-refractivity contribution < 1.29 is 14.3 Å². The highest BCUT2D eigenvalue weighted by atomic mass is 16.5. The van der Waals surface area contributed by atoms with Crippen LogP contribution in [-0.4, -0.2) is 18.4 Å². The van der Waals surface area contributed by atoms with Gasteiger partial charge in [-0.15, -0.1) is 0 Å². The number of carbonyl (C=O) groups is 2. The van der Waals surface area contributed by atoms with Gasteiger partial charge in [0, 0.05) is 0 Å². The third-order valence-corrected chi connectivity index (χ3v) is 3.11. The van der Waals surface area contributed by atoms with Crippen molar-refractivity contribution in [2.45, 2.75) is 13.0 Å². The Labute approximate surface area is 129 Å². The van der Waals surface area contributed by atoms with Crippen LogP contribution in [0.3, 0.4) is 0 Å². The summed E-state index contributed by atoms with van der Waals surface area (Å²) in [4.78, 5) is 23.4. The number of benzene rings is 2. The molecular weight excluding hydrogens is 280 g/mol. The number of hydrogen-bond donors (Lipinski definition) is 2. The molecule has 0 aromatic heterocycles. The summed E-state index contributed by atoms with van der Waals surface area (Å²) < 4.78 is 5.38. The summed E-state index contributed by atoms with van der Waals surface area (Å²) in [7, 11) is 0. The number of amides is 2. The first-order valence-corrected chi connectivity index (χ1v) is 6.89. The third-order valence-electron chi connectivity index (χ3n) is 3.11. The van der Waals surface area contributed by atoms with Gasteiger partial charge < -0.3 is 15.8 Å². The van der Waals surface area contributed by atoms with Crippen molar-refractivity contribution in [1.82, 2.24) is 5.32 Å². The number of ether oxygens (including phenoxy) is 1. The molecule has 0 fully saturated rings. The molecule has 114 valence electrons. The van der Waals surface area contributed by atoms with Gasteiger partial charge in [0.05, 0.1) is 0 Å². The van der Waals surface area contributed by atoms with Crippen LogP contribution in [-0.2, 0) is 9.59 Å². The molecule has 5 heteroatoms. The molecule has 2 rings (SSSR count). The molecular formula is C17H18N2O3. The number of nitrogens with one attached hydrogen (secondary N) is 1. The lowest BCUT2D eigenvalue weighted by Gasteiger charge is -2.16. The van der Waals surface area contributed by atoms with Gasteiger partial charge in [-0.2, -0.15) is 0 Å². The Balaban J connectivity index is 1.94. The number of hydrogen-bond acceptors (Lipinski definition) is 3. The summed E-state index contributed by atoms with van der Waals surface area (Å²) in [5, 5.41) is 2.58. The molecule has 0 radical (unpaired) electrons. The van der Waals surface area contributed by atoms with Crippen molar-refractivity contribution in [2.24, 2.45) is 5.73 Å². The summed E-state index contributed by atoms with van der Waals surface area (Å²) in [6.07, 6.45) is 0. The standard InChI is InChI=1S/C17H18N2O3/c1-12-7-9-14(10-8-12)22-11-15(20)19-16(17(18)21)13-5-3-2-4-6-13/h2-10,16H,11H2,1H3,(H2,18,21)(H,19,20). The zero-order valence-corrected chi connectivity index (χ0v) is 12.3. The summed E-state index contributed by atoms with van der Waals surface area (Å²) in [6, 6.07) is 15.3. The van der Waals surface area contributed by atoms with Crippen LogP contribution in [0.25, 0.3) is 0 Å². The first kappa shape index (κ1) is 15.6. The van der Waals surface area contributed by atoms with Gasteiger partial charge in [0.2, 0.25) is 5.91 Å². The predicted octanol–water partition coefficient (Wildman–Crippen LogP) is 1.72. The zero-order valence-electron chi connectivity index (χ0n) is 12.3. The Bertz CT molecular complexity index is 639. The highest BCUT2D eigenvalue weighted by molar-refractivity contribution is 5.88. The molecule has 0 heterocycles. The second-order valence-corrected chi connectivity index (χ2v) is 4.92. The van der Waals surface area contributed by atoms with Crippen LogP contribution in [0.4, 0.5) is 0 Å². The van der Waals surface area contributed by atoms with Gasteiger partial charge in [0.25, 0.3) is 5.91 Å². The molecule has 1 unspecified atom stereocenters. The van der Waals surface area contributed by atoms with E-state index in [0.717, 1.165) is 5.56 Å². The van der Waals surface area contributed by atoms with Crippen LogP contribution in [0.1, 0.15) is 17.2 Å². The van der Waals surface area contributed by atoms with Gasteiger partial charge in [-0.1, -0.05) is 48.0 Å². The molecule has 0 aliphatic rings. The molecule has 22 heavy (non-hydrogen) atoms. The quantitative estimate of drug-likeness (QED) is 0.852. The van der Waals surface area contributed by atoms with Gasteiger partial charge in [0.1, 0.15) is 11.8 Å². The highest BCUT2D eigenvalue weighted by Crippen LogP contribution is 2.13. The fourth-order valence-corrected chi connectivity index (χ4v) is 1.95. The van der Waals surface area contributed by atoms with E-state index in [2.05, 4.69) is 5.32 Å².